The first-order valence-corrected chi connectivity index (χ1v) is 5.58. The van der Waals surface area contributed by atoms with E-state index in [4.69, 9.17) is 0 Å². The molecule has 0 atom stereocenters. The van der Waals surface area contributed by atoms with Crippen molar-refractivity contribution in [1.29, 1.82) is 0 Å². The van der Waals surface area contributed by atoms with Gasteiger partial charge in [-0.1, -0.05) is 0 Å². The minimum absolute atomic E-state index is 0.0771. The van der Waals surface area contributed by atoms with Gasteiger partial charge >= 0.3 is 0 Å². The molecule has 2 aromatic heterocycles. The minimum Gasteiger partial charge on any atom is -0.494 e. The third kappa shape index (κ3) is 2.48. The lowest BCUT2D eigenvalue weighted by Crippen LogP contribution is -2.05. The molecule has 0 aliphatic heterocycles. The molecule has 2 rings (SSSR count). The van der Waals surface area contributed by atoms with Crippen LogP contribution in [0.1, 0.15) is 12.5 Å². The monoisotopic (exact) mass is 249 g/mol. The molecular weight excluding hydrogens is 234 g/mol. The molecule has 0 aliphatic rings. The summed E-state index contributed by atoms with van der Waals surface area (Å²) in [6.07, 6.45) is 4.33. The lowest BCUT2D eigenvalue weighted by Gasteiger charge is -2.06. The number of aryl methyl sites for hydroxylation is 1. The fourth-order valence-corrected chi connectivity index (χ4v) is 1.78. The molecule has 96 valence electrons. The molecule has 0 saturated carbocycles. The molecule has 0 radical (unpaired) electrons. The van der Waals surface area contributed by atoms with Crippen LogP contribution in [0.15, 0.2) is 24.5 Å². The average molecular weight is 249 g/mol. The Morgan fingerprint density at radius 2 is 2.28 bits per heavy atom. The Kier molecular flexibility index (Phi) is 3.27. The summed E-state index contributed by atoms with van der Waals surface area (Å²) in [6.45, 7) is 1.77. The van der Waals surface area contributed by atoms with Crippen LogP contribution in [0.3, 0.4) is 0 Å². The number of hydrogen-bond donors (Lipinski definition) is 4. The molecule has 0 bridgehead atoms. The van der Waals surface area contributed by atoms with Gasteiger partial charge < -0.3 is 20.5 Å². The number of carbonyl (C=O) groups is 1. The van der Waals surface area contributed by atoms with Crippen LogP contribution in [0, 0.1) is 0 Å². The molecule has 1 amide bonds. The molecule has 2 heterocycles. The van der Waals surface area contributed by atoms with Crippen LogP contribution in [0.5, 0.6) is 11.8 Å². The summed E-state index contributed by atoms with van der Waals surface area (Å²) in [4.78, 5) is 13.8. The fraction of sp³-hybridized carbons (Fsp3) is 0.250. The Bertz CT molecular complexity index is 543. The van der Waals surface area contributed by atoms with E-state index in [0.717, 1.165) is 5.56 Å². The fourth-order valence-electron chi connectivity index (χ4n) is 1.78. The molecule has 0 spiro atoms. The van der Waals surface area contributed by atoms with Crippen molar-refractivity contribution in [3.63, 3.8) is 0 Å². The number of H-pyrrole nitrogens is 1. The number of anilines is 1. The smallest absolute Gasteiger partial charge is 0.221 e. The van der Waals surface area contributed by atoms with Crippen LogP contribution >= 0.6 is 0 Å². The lowest BCUT2D eigenvalue weighted by molar-refractivity contribution is -0.114. The van der Waals surface area contributed by atoms with Gasteiger partial charge in [-0.15, -0.1) is 0 Å². The van der Waals surface area contributed by atoms with Crippen LogP contribution in [0.2, 0.25) is 0 Å². The number of hydrogen-bond acceptors (Lipinski definition) is 3. The number of rotatable bonds is 4. The van der Waals surface area contributed by atoms with E-state index in [1.165, 1.54) is 17.6 Å². The predicted octanol–water partition coefficient (Wildman–Crippen LogP) is 1.43. The highest BCUT2D eigenvalue weighted by molar-refractivity contribution is 5.90. The van der Waals surface area contributed by atoms with Crippen molar-refractivity contribution in [3.05, 3.63) is 30.1 Å². The summed E-state index contributed by atoms with van der Waals surface area (Å²) in [5.41, 5.74) is 1.29. The van der Waals surface area contributed by atoms with E-state index in [1.807, 2.05) is 18.5 Å². The van der Waals surface area contributed by atoms with Crippen molar-refractivity contribution in [2.75, 3.05) is 5.32 Å². The zero-order valence-corrected chi connectivity index (χ0v) is 9.97. The number of nitrogens with zero attached hydrogens (tertiary/aromatic N) is 1. The topological polar surface area (TPSA) is 90.3 Å². The SMILES string of the molecule is CC(=O)Nc1cc(O)n(CCc2cc[nH]c2)c1O. The van der Waals surface area contributed by atoms with Gasteiger partial charge in [0.1, 0.15) is 5.69 Å². The van der Waals surface area contributed by atoms with E-state index >= 15 is 0 Å². The van der Waals surface area contributed by atoms with E-state index in [0.29, 0.717) is 13.0 Å². The van der Waals surface area contributed by atoms with Gasteiger partial charge in [-0.05, 0) is 18.1 Å². The van der Waals surface area contributed by atoms with Crippen molar-refractivity contribution in [1.82, 2.24) is 9.55 Å². The van der Waals surface area contributed by atoms with Gasteiger partial charge in [0.05, 0.1) is 0 Å². The highest BCUT2D eigenvalue weighted by atomic mass is 16.3. The molecule has 6 nitrogen and oxygen atoms in total. The Labute approximate surface area is 104 Å². The van der Waals surface area contributed by atoms with Gasteiger partial charge in [0.2, 0.25) is 11.8 Å². The Hall–Kier alpha value is -2.37. The molecule has 0 aromatic carbocycles. The minimum atomic E-state index is -0.298. The highest BCUT2D eigenvalue weighted by Gasteiger charge is 2.14. The zero-order chi connectivity index (χ0) is 13.1. The van der Waals surface area contributed by atoms with E-state index in [9.17, 15) is 15.0 Å². The molecule has 0 aliphatic carbocycles. The second kappa shape index (κ2) is 4.87. The molecule has 4 N–H and O–H groups in total. The Morgan fingerprint density at radius 1 is 1.50 bits per heavy atom. The van der Waals surface area contributed by atoms with Crippen molar-refractivity contribution >= 4 is 11.6 Å². The van der Waals surface area contributed by atoms with Gasteiger partial charge in [0, 0.05) is 31.9 Å². The van der Waals surface area contributed by atoms with Crippen LogP contribution in [0.25, 0.3) is 0 Å². The standard InChI is InChI=1S/C12H15N3O3/c1-8(16)14-10-6-11(17)15(12(10)18)5-3-9-2-4-13-7-9/h2,4,6-7,13,17-18H,3,5H2,1H3,(H,14,16). The van der Waals surface area contributed by atoms with Gasteiger partial charge in [0.25, 0.3) is 0 Å². The summed E-state index contributed by atoms with van der Waals surface area (Å²) in [5, 5.41) is 22.0. The van der Waals surface area contributed by atoms with E-state index < -0.39 is 0 Å². The van der Waals surface area contributed by atoms with Gasteiger partial charge in [0.15, 0.2) is 5.88 Å². The van der Waals surface area contributed by atoms with Crippen molar-refractivity contribution in [3.8, 4) is 11.8 Å². The van der Waals surface area contributed by atoms with E-state index in [2.05, 4.69) is 10.3 Å². The normalized spacial score (nSPS) is 10.5. The average Bonchev–Trinajstić information content (AvgIpc) is 2.87. The number of carbonyl (C=O) groups excluding carboxylic acids is 1. The maximum absolute atomic E-state index is 10.9. The first-order chi connectivity index (χ1) is 8.58. The summed E-state index contributed by atoms with van der Waals surface area (Å²) < 4.78 is 1.35. The van der Waals surface area contributed by atoms with Crippen LogP contribution in [-0.4, -0.2) is 25.7 Å². The number of aromatic nitrogens is 2. The van der Waals surface area contributed by atoms with Crippen molar-refractivity contribution < 1.29 is 15.0 Å². The number of amides is 1. The number of nitrogens with one attached hydrogen (secondary N) is 2. The van der Waals surface area contributed by atoms with Crippen LogP contribution < -0.4 is 5.32 Å². The largest absolute Gasteiger partial charge is 0.494 e. The second-order valence-corrected chi connectivity index (χ2v) is 4.04. The Morgan fingerprint density at radius 3 is 2.89 bits per heavy atom. The third-order valence-corrected chi connectivity index (χ3v) is 2.64. The first-order valence-electron chi connectivity index (χ1n) is 5.58. The summed E-state index contributed by atoms with van der Waals surface area (Å²) >= 11 is 0. The highest BCUT2D eigenvalue weighted by Crippen LogP contribution is 2.32. The molecule has 6 heteroatoms. The molecule has 0 unspecified atom stereocenters. The first kappa shape index (κ1) is 12.1. The molecule has 0 saturated heterocycles. The lowest BCUT2D eigenvalue weighted by atomic mass is 10.2. The van der Waals surface area contributed by atoms with Gasteiger partial charge in [-0.25, -0.2) is 0 Å². The summed E-state index contributed by atoms with van der Waals surface area (Å²) in [5.74, 6) is -0.516. The summed E-state index contributed by atoms with van der Waals surface area (Å²) in [7, 11) is 0. The van der Waals surface area contributed by atoms with Gasteiger partial charge in [-0.3, -0.25) is 9.36 Å². The van der Waals surface area contributed by atoms with Crippen molar-refractivity contribution in [2.45, 2.75) is 19.9 Å². The van der Waals surface area contributed by atoms with Crippen LogP contribution in [0.4, 0.5) is 5.69 Å². The van der Waals surface area contributed by atoms with Gasteiger partial charge in [-0.2, -0.15) is 0 Å². The quantitative estimate of drug-likeness (QED) is 0.660. The molecule has 0 fully saturated rings. The summed E-state index contributed by atoms with van der Waals surface area (Å²) in [6, 6.07) is 3.25. The molecule has 2 aromatic rings. The van der Waals surface area contributed by atoms with E-state index in [-0.39, 0.29) is 23.4 Å². The van der Waals surface area contributed by atoms with Crippen molar-refractivity contribution in [2.24, 2.45) is 0 Å². The Balaban J connectivity index is 2.12. The van der Waals surface area contributed by atoms with Crippen LogP contribution in [-0.2, 0) is 17.8 Å². The molecular formula is C12H15N3O3. The maximum Gasteiger partial charge on any atom is 0.221 e. The van der Waals surface area contributed by atoms with E-state index in [1.54, 1.807) is 0 Å². The predicted molar refractivity (Wildman–Crippen MR) is 66.6 cm³/mol. The second-order valence-electron chi connectivity index (χ2n) is 4.04. The number of aromatic hydroxyl groups is 2. The third-order valence-electron chi connectivity index (χ3n) is 2.64. The maximum atomic E-state index is 10.9. The number of aromatic amines is 1. The zero-order valence-electron chi connectivity index (χ0n) is 9.97. The molecule has 18 heavy (non-hydrogen) atoms.